The molecule has 7 heteroatoms. The predicted molar refractivity (Wildman–Crippen MR) is 122 cm³/mol. The Morgan fingerprint density at radius 2 is 1.50 bits per heavy atom. The van der Waals surface area contributed by atoms with E-state index in [-0.39, 0.29) is 18.6 Å². The van der Waals surface area contributed by atoms with E-state index in [1.54, 1.807) is 23.0 Å². The molecule has 0 fully saturated rings. The first kappa shape index (κ1) is 19.8. The standard InChI is InChI=1S/C25H22N4O3/c1-27-21(15-18-9-4-2-5-10-18)26-23-22(27)24(30)29(16-19-11-6-3-7-12-19)25(31)28(23)17-20-13-8-14-32-20/h2-14H,15-17H2,1H3. The van der Waals surface area contributed by atoms with Gasteiger partial charge in [0.05, 0.1) is 19.4 Å². The lowest BCUT2D eigenvalue weighted by molar-refractivity contribution is 0.484. The predicted octanol–water partition coefficient (Wildman–Crippen LogP) is 3.18. The van der Waals surface area contributed by atoms with Gasteiger partial charge in [-0.15, -0.1) is 0 Å². The molecule has 0 aliphatic carbocycles. The van der Waals surface area contributed by atoms with Crippen molar-refractivity contribution in [3.8, 4) is 0 Å². The normalized spacial score (nSPS) is 11.3. The summed E-state index contributed by atoms with van der Waals surface area (Å²) in [5.74, 6) is 1.34. The quantitative estimate of drug-likeness (QED) is 0.418. The van der Waals surface area contributed by atoms with Gasteiger partial charge in [0, 0.05) is 13.5 Å². The minimum absolute atomic E-state index is 0.186. The third-order valence-electron chi connectivity index (χ3n) is 5.62. The molecule has 0 amide bonds. The largest absolute Gasteiger partial charge is 0.467 e. The van der Waals surface area contributed by atoms with Crippen LogP contribution >= 0.6 is 0 Å². The molecular weight excluding hydrogens is 404 g/mol. The lowest BCUT2D eigenvalue weighted by Crippen LogP contribution is -2.41. The maximum absolute atomic E-state index is 13.5. The molecule has 0 bridgehead atoms. The topological polar surface area (TPSA) is 75.0 Å². The van der Waals surface area contributed by atoms with Crippen LogP contribution in [-0.4, -0.2) is 18.7 Å². The minimum atomic E-state index is -0.410. The molecule has 0 unspecified atom stereocenters. The number of benzene rings is 2. The SMILES string of the molecule is Cn1c(Cc2ccccc2)nc2c1c(=O)n(Cc1ccccc1)c(=O)n2Cc1ccco1. The van der Waals surface area contributed by atoms with E-state index in [1.165, 1.54) is 9.13 Å². The van der Waals surface area contributed by atoms with E-state index < -0.39 is 5.69 Å². The second kappa shape index (κ2) is 8.19. The Balaban J connectivity index is 1.71. The summed E-state index contributed by atoms with van der Waals surface area (Å²) in [5, 5.41) is 0. The maximum atomic E-state index is 13.5. The number of rotatable bonds is 6. The monoisotopic (exact) mass is 426 g/mol. The van der Waals surface area contributed by atoms with E-state index in [9.17, 15) is 9.59 Å². The van der Waals surface area contributed by atoms with E-state index in [2.05, 4.69) is 0 Å². The minimum Gasteiger partial charge on any atom is -0.467 e. The summed E-state index contributed by atoms with van der Waals surface area (Å²) in [4.78, 5) is 31.6. The molecule has 0 aliphatic heterocycles. The van der Waals surface area contributed by atoms with Gasteiger partial charge in [0.25, 0.3) is 5.56 Å². The first-order valence-electron chi connectivity index (χ1n) is 10.4. The molecular formula is C25H22N4O3. The van der Waals surface area contributed by atoms with Crippen LogP contribution in [0.3, 0.4) is 0 Å². The van der Waals surface area contributed by atoms with Crippen LogP contribution in [0.2, 0.25) is 0 Å². The molecule has 5 aromatic rings. The highest BCUT2D eigenvalue weighted by Crippen LogP contribution is 2.15. The molecule has 3 aromatic heterocycles. The second-order valence-electron chi connectivity index (χ2n) is 7.75. The molecule has 0 aliphatic rings. The second-order valence-corrected chi connectivity index (χ2v) is 7.75. The van der Waals surface area contributed by atoms with Crippen molar-refractivity contribution in [1.82, 2.24) is 18.7 Å². The van der Waals surface area contributed by atoms with E-state index in [0.29, 0.717) is 29.2 Å². The van der Waals surface area contributed by atoms with Crippen molar-refractivity contribution in [3.63, 3.8) is 0 Å². The highest BCUT2D eigenvalue weighted by Gasteiger charge is 2.21. The molecule has 7 nitrogen and oxygen atoms in total. The summed E-state index contributed by atoms with van der Waals surface area (Å²) < 4.78 is 10.1. The smallest absolute Gasteiger partial charge is 0.333 e. The maximum Gasteiger partial charge on any atom is 0.333 e. The third-order valence-corrected chi connectivity index (χ3v) is 5.62. The van der Waals surface area contributed by atoms with Gasteiger partial charge < -0.3 is 8.98 Å². The number of aryl methyl sites for hydroxylation is 1. The Morgan fingerprint density at radius 3 is 2.16 bits per heavy atom. The number of hydrogen-bond donors (Lipinski definition) is 0. The van der Waals surface area contributed by atoms with Crippen LogP contribution in [-0.2, 0) is 26.6 Å². The van der Waals surface area contributed by atoms with E-state index in [0.717, 1.165) is 11.1 Å². The molecule has 0 saturated heterocycles. The van der Waals surface area contributed by atoms with E-state index in [4.69, 9.17) is 9.40 Å². The van der Waals surface area contributed by atoms with E-state index >= 15 is 0 Å². The summed E-state index contributed by atoms with van der Waals surface area (Å²) in [6, 6.07) is 23.0. The fraction of sp³-hybridized carbons (Fsp3) is 0.160. The summed E-state index contributed by atoms with van der Waals surface area (Å²) >= 11 is 0. The molecule has 0 atom stereocenters. The Labute approximate surface area is 183 Å². The molecule has 2 aromatic carbocycles. The van der Waals surface area contributed by atoms with Gasteiger partial charge in [-0.05, 0) is 23.3 Å². The van der Waals surface area contributed by atoms with Gasteiger partial charge in [0.2, 0.25) is 0 Å². The molecule has 5 rings (SSSR count). The van der Waals surface area contributed by atoms with E-state index in [1.807, 2.05) is 67.7 Å². The van der Waals surface area contributed by atoms with Gasteiger partial charge >= 0.3 is 5.69 Å². The van der Waals surface area contributed by atoms with Crippen molar-refractivity contribution in [2.24, 2.45) is 7.05 Å². The number of furan rings is 1. The van der Waals surface area contributed by atoms with Crippen LogP contribution in [0.15, 0.2) is 93.1 Å². The Bertz CT molecular complexity index is 1480. The fourth-order valence-electron chi connectivity index (χ4n) is 3.95. The number of fused-ring (bicyclic) bond motifs is 1. The van der Waals surface area contributed by atoms with Gasteiger partial charge in [-0.2, -0.15) is 0 Å². The van der Waals surface area contributed by atoms with Crippen molar-refractivity contribution < 1.29 is 4.42 Å². The van der Waals surface area contributed by atoms with Crippen molar-refractivity contribution in [2.75, 3.05) is 0 Å². The van der Waals surface area contributed by atoms with Gasteiger partial charge in [-0.3, -0.25) is 13.9 Å². The van der Waals surface area contributed by atoms with Gasteiger partial charge in [0.1, 0.15) is 11.6 Å². The summed E-state index contributed by atoms with van der Waals surface area (Å²) in [7, 11) is 1.82. The van der Waals surface area contributed by atoms with Crippen LogP contribution in [0.4, 0.5) is 0 Å². The first-order chi connectivity index (χ1) is 15.6. The fourth-order valence-corrected chi connectivity index (χ4v) is 3.95. The summed E-state index contributed by atoms with van der Waals surface area (Å²) in [6.45, 7) is 0.380. The van der Waals surface area contributed by atoms with Crippen LogP contribution in [0.1, 0.15) is 22.7 Å². The molecule has 0 spiro atoms. The van der Waals surface area contributed by atoms with Gasteiger partial charge in [-0.25, -0.2) is 9.78 Å². The van der Waals surface area contributed by atoms with Crippen LogP contribution in [0.5, 0.6) is 0 Å². The average Bonchev–Trinajstić information content (AvgIpc) is 3.44. The lowest BCUT2D eigenvalue weighted by atomic mass is 10.1. The Kier molecular flexibility index (Phi) is 5.07. The van der Waals surface area contributed by atoms with Crippen LogP contribution in [0.25, 0.3) is 11.2 Å². The number of hydrogen-bond acceptors (Lipinski definition) is 4. The Morgan fingerprint density at radius 1 is 0.812 bits per heavy atom. The highest BCUT2D eigenvalue weighted by molar-refractivity contribution is 5.71. The van der Waals surface area contributed by atoms with Gasteiger partial charge in [0.15, 0.2) is 11.2 Å². The molecule has 0 saturated carbocycles. The highest BCUT2D eigenvalue weighted by atomic mass is 16.3. The first-order valence-corrected chi connectivity index (χ1v) is 10.4. The van der Waals surface area contributed by atoms with Crippen molar-refractivity contribution in [1.29, 1.82) is 0 Å². The zero-order chi connectivity index (χ0) is 22.1. The van der Waals surface area contributed by atoms with Crippen molar-refractivity contribution in [2.45, 2.75) is 19.5 Å². The van der Waals surface area contributed by atoms with Crippen molar-refractivity contribution in [3.05, 3.63) is 123 Å². The van der Waals surface area contributed by atoms with Gasteiger partial charge in [-0.1, -0.05) is 60.7 Å². The van der Waals surface area contributed by atoms with Crippen LogP contribution < -0.4 is 11.2 Å². The zero-order valence-electron chi connectivity index (χ0n) is 17.6. The van der Waals surface area contributed by atoms with Crippen LogP contribution in [0, 0.1) is 0 Å². The number of imidazole rings is 1. The molecule has 3 heterocycles. The summed E-state index contributed by atoms with van der Waals surface area (Å²) in [6.07, 6.45) is 2.12. The lowest BCUT2D eigenvalue weighted by Gasteiger charge is -2.11. The Hall–Kier alpha value is -4.13. The molecule has 0 radical (unpaired) electrons. The number of aromatic nitrogens is 4. The third kappa shape index (κ3) is 3.58. The molecule has 32 heavy (non-hydrogen) atoms. The zero-order valence-corrected chi connectivity index (χ0v) is 17.6. The van der Waals surface area contributed by atoms with Crippen molar-refractivity contribution >= 4 is 11.2 Å². The summed E-state index contributed by atoms with van der Waals surface area (Å²) in [5.41, 5.74) is 1.97. The molecule has 0 N–H and O–H groups in total. The average molecular weight is 426 g/mol. The number of nitrogens with zero attached hydrogens (tertiary/aromatic N) is 4. The molecule has 160 valence electrons.